The van der Waals surface area contributed by atoms with Crippen molar-refractivity contribution in [2.24, 2.45) is 5.41 Å². The first-order valence-corrected chi connectivity index (χ1v) is 5.27. The van der Waals surface area contributed by atoms with Crippen LogP contribution in [-0.4, -0.2) is 34.1 Å². The normalized spacial score (nSPS) is 23.4. The predicted octanol–water partition coefficient (Wildman–Crippen LogP) is 0.649. The molecule has 0 radical (unpaired) electrons. The second kappa shape index (κ2) is 4.01. The summed E-state index contributed by atoms with van der Waals surface area (Å²) in [6.07, 6.45) is 2.07. The number of carboxylic acids is 1. The number of nitriles is 1. The Kier molecular flexibility index (Phi) is 2.68. The molecule has 2 heterocycles. The van der Waals surface area contributed by atoms with Crippen LogP contribution in [0.3, 0.4) is 0 Å². The Balaban J connectivity index is 2.21. The second-order valence-corrected chi connectivity index (χ2v) is 4.39. The first-order valence-electron chi connectivity index (χ1n) is 5.27. The maximum atomic E-state index is 11.1. The second-order valence-electron chi connectivity index (χ2n) is 4.39. The first kappa shape index (κ1) is 11.3. The number of nitrogens with zero attached hydrogens (tertiary/aromatic N) is 4. The van der Waals surface area contributed by atoms with Crippen molar-refractivity contribution in [1.29, 1.82) is 5.26 Å². The van der Waals surface area contributed by atoms with Crippen LogP contribution in [0.4, 0.5) is 5.95 Å². The van der Waals surface area contributed by atoms with Crippen molar-refractivity contribution in [2.75, 3.05) is 18.0 Å². The minimum absolute atomic E-state index is 0.291. The number of aromatic nitrogens is 2. The number of anilines is 1. The number of carbonyl (C=O) groups is 1. The molecule has 1 atom stereocenters. The van der Waals surface area contributed by atoms with Crippen molar-refractivity contribution in [3.63, 3.8) is 0 Å². The monoisotopic (exact) mass is 232 g/mol. The van der Waals surface area contributed by atoms with Gasteiger partial charge in [0, 0.05) is 19.3 Å². The number of hydrogen-bond acceptors (Lipinski definition) is 5. The van der Waals surface area contributed by atoms with E-state index in [0.29, 0.717) is 31.2 Å². The van der Waals surface area contributed by atoms with E-state index >= 15 is 0 Å². The fraction of sp³-hybridized carbons (Fsp3) is 0.455. The van der Waals surface area contributed by atoms with Gasteiger partial charge < -0.3 is 10.0 Å². The highest BCUT2D eigenvalue weighted by Gasteiger charge is 2.41. The van der Waals surface area contributed by atoms with Crippen LogP contribution in [0.25, 0.3) is 0 Å². The third kappa shape index (κ3) is 2.04. The summed E-state index contributed by atoms with van der Waals surface area (Å²) in [6, 6.07) is 3.46. The van der Waals surface area contributed by atoms with Crippen LogP contribution in [-0.2, 0) is 4.79 Å². The summed E-state index contributed by atoms with van der Waals surface area (Å²) in [5.41, 5.74) is -0.467. The van der Waals surface area contributed by atoms with E-state index in [1.165, 1.54) is 12.3 Å². The van der Waals surface area contributed by atoms with E-state index in [1.54, 1.807) is 11.8 Å². The van der Waals surface area contributed by atoms with E-state index < -0.39 is 11.4 Å². The van der Waals surface area contributed by atoms with Gasteiger partial charge in [0.05, 0.1) is 5.41 Å². The van der Waals surface area contributed by atoms with Gasteiger partial charge in [0.25, 0.3) is 0 Å². The zero-order valence-electron chi connectivity index (χ0n) is 9.42. The average molecular weight is 232 g/mol. The average Bonchev–Trinajstić information content (AvgIpc) is 2.74. The van der Waals surface area contributed by atoms with Gasteiger partial charge in [-0.25, -0.2) is 9.97 Å². The lowest BCUT2D eigenvalue weighted by Gasteiger charge is -2.19. The molecule has 1 aliphatic rings. The molecule has 2 rings (SSSR count). The van der Waals surface area contributed by atoms with Crippen LogP contribution < -0.4 is 4.90 Å². The molecule has 1 N–H and O–H groups in total. The van der Waals surface area contributed by atoms with E-state index in [9.17, 15) is 4.79 Å². The number of aliphatic carboxylic acids is 1. The Morgan fingerprint density at radius 2 is 2.47 bits per heavy atom. The molecule has 1 fully saturated rings. The van der Waals surface area contributed by atoms with Crippen molar-refractivity contribution in [3.05, 3.63) is 18.0 Å². The van der Waals surface area contributed by atoms with Crippen LogP contribution in [0.2, 0.25) is 0 Å². The Morgan fingerprint density at radius 3 is 3.06 bits per heavy atom. The highest BCUT2D eigenvalue weighted by Crippen LogP contribution is 2.31. The topological polar surface area (TPSA) is 90.1 Å². The van der Waals surface area contributed by atoms with Gasteiger partial charge in [0.15, 0.2) is 0 Å². The first-order chi connectivity index (χ1) is 8.05. The molecule has 1 unspecified atom stereocenters. The Bertz CT molecular complexity index is 496. The largest absolute Gasteiger partial charge is 0.481 e. The molecular weight excluding hydrogens is 220 g/mol. The molecule has 88 valence electrons. The fourth-order valence-corrected chi connectivity index (χ4v) is 1.87. The zero-order valence-corrected chi connectivity index (χ0v) is 9.42. The molecule has 1 aromatic rings. The minimum atomic E-state index is -0.809. The summed E-state index contributed by atoms with van der Waals surface area (Å²) in [7, 11) is 0. The highest BCUT2D eigenvalue weighted by molar-refractivity contribution is 5.76. The molecule has 0 aliphatic carbocycles. The molecule has 0 bridgehead atoms. The summed E-state index contributed by atoms with van der Waals surface area (Å²) < 4.78 is 0. The van der Waals surface area contributed by atoms with Gasteiger partial charge in [-0.05, 0) is 19.4 Å². The van der Waals surface area contributed by atoms with Crippen LogP contribution in [0.15, 0.2) is 12.3 Å². The Hall–Kier alpha value is -2.16. The lowest BCUT2D eigenvalue weighted by atomic mass is 9.90. The molecule has 1 saturated heterocycles. The summed E-state index contributed by atoms with van der Waals surface area (Å²) in [5, 5.41) is 17.9. The van der Waals surface area contributed by atoms with Gasteiger partial charge >= 0.3 is 5.97 Å². The summed E-state index contributed by atoms with van der Waals surface area (Å²) in [4.78, 5) is 21.0. The Morgan fingerprint density at radius 1 is 1.71 bits per heavy atom. The van der Waals surface area contributed by atoms with Gasteiger partial charge in [0.2, 0.25) is 5.95 Å². The third-order valence-corrected chi connectivity index (χ3v) is 3.03. The van der Waals surface area contributed by atoms with E-state index in [4.69, 9.17) is 10.4 Å². The standard InChI is InChI=1S/C11H12N4O2/c1-11(9(16)17)3-5-15(7-11)10-13-4-2-8(6-12)14-10/h2,4H,3,5,7H2,1H3,(H,16,17). The Labute approximate surface area is 98.5 Å². The zero-order chi connectivity index (χ0) is 12.5. The summed E-state index contributed by atoms with van der Waals surface area (Å²) >= 11 is 0. The van der Waals surface area contributed by atoms with Crippen molar-refractivity contribution in [2.45, 2.75) is 13.3 Å². The maximum absolute atomic E-state index is 11.1. The van der Waals surface area contributed by atoms with Crippen molar-refractivity contribution >= 4 is 11.9 Å². The molecular formula is C11H12N4O2. The van der Waals surface area contributed by atoms with Gasteiger partial charge in [-0.2, -0.15) is 5.26 Å². The van der Waals surface area contributed by atoms with Gasteiger partial charge in [-0.15, -0.1) is 0 Å². The van der Waals surface area contributed by atoms with Gasteiger partial charge in [-0.1, -0.05) is 0 Å². The van der Waals surface area contributed by atoms with Crippen LogP contribution in [0, 0.1) is 16.7 Å². The van der Waals surface area contributed by atoms with Crippen LogP contribution in [0.1, 0.15) is 19.0 Å². The van der Waals surface area contributed by atoms with Gasteiger partial charge in [-0.3, -0.25) is 4.79 Å². The van der Waals surface area contributed by atoms with E-state index in [0.717, 1.165) is 0 Å². The predicted molar refractivity (Wildman–Crippen MR) is 59.3 cm³/mol. The molecule has 0 saturated carbocycles. The van der Waals surface area contributed by atoms with E-state index in [1.807, 2.05) is 6.07 Å². The fourth-order valence-electron chi connectivity index (χ4n) is 1.87. The number of carboxylic acid groups (broad SMARTS) is 1. The molecule has 6 nitrogen and oxygen atoms in total. The molecule has 1 aliphatic heterocycles. The highest BCUT2D eigenvalue weighted by atomic mass is 16.4. The van der Waals surface area contributed by atoms with Crippen molar-refractivity contribution in [3.8, 4) is 6.07 Å². The molecule has 0 spiro atoms. The molecule has 0 aromatic carbocycles. The van der Waals surface area contributed by atoms with Crippen LogP contribution in [0.5, 0.6) is 0 Å². The smallest absolute Gasteiger partial charge is 0.311 e. The molecule has 1 aromatic heterocycles. The summed E-state index contributed by atoms with van der Waals surface area (Å²) in [6.45, 7) is 2.68. The number of rotatable bonds is 2. The van der Waals surface area contributed by atoms with Crippen molar-refractivity contribution < 1.29 is 9.90 Å². The maximum Gasteiger partial charge on any atom is 0.311 e. The molecule has 6 heteroatoms. The van der Waals surface area contributed by atoms with E-state index in [2.05, 4.69) is 9.97 Å². The van der Waals surface area contributed by atoms with Crippen molar-refractivity contribution in [1.82, 2.24) is 9.97 Å². The molecule has 17 heavy (non-hydrogen) atoms. The third-order valence-electron chi connectivity index (χ3n) is 3.03. The lowest BCUT2D eigenvalue weighted by molar-refractivity contribution is -0.146. The molecule has 0 amide bonds. The van der Waals surface area contributed by atoms with E-state index in [-0.39, 0.29) is 0 Å². The van der Waals surface area contributed by atoms with Gasteiger partial charge in [0.1, 0.15) is 11.8 Å². The number of hydrogen-bond donors (Lipinski definition) is 1. The SMILES string of the molecule is CC1(C(=O)O)CCN(c2nccc(C#N)n2)C1. The quantitative estimate of drug-likeness (QED) is 0.805. The minimum Gasteiger partial charge on any atom is -0.481 e. The summed E-state index contributed by atoms with van der Waals surface area (Å²) in [5.74, 6) is -0.384. The lowest BCUT2D eigenvalue weighted by Crippen LogP contribution is -2.32. The van der Waals surface area contributed by atoms with Crippen LogP contribution >= 0.6 is 0 Å².